The second-order valence-corrected chi connectivity index (χ2v) is 5.25. The van der Waals surface area contributed by atoms with Crippen LogP contribution in [0.3, 0.4) is 0 Å². The molecule has 142 valence electrons. The molecule has 6 N–H and O–H groups in total. The normalized spacial score (nSPS) is 12.1. The van der Waals surface area contributed by atoms with Crippen molar-refractivity contribution in [2.75, 3.05) is 13.1 Å². The van der Waals surface area contributed by atoms with Gasteiger partial charge in [-0.25, -0.2) is 15.1 Å². The highest BCUT2D eigenvalue weighted by Crippen LogP contribution is 2.00. The monoisotopic (exact) mass is 366 g/mol. The van der Waals surface area contributed by atoms with E-state index in [1.807, 2.05) is 30.3 Å². The maximum atomic E-state index is 11.8. The molecule has 0 aliphatic rings. The predicted octanol–water partition coefficient (Wildman–Crippen LogP) is -0.950. The molecule has 0 radical (unpaired) electrons. The number of guanidine groups is 1. The van der Waals surface area contributed by atoms with Gasteiger partial charge in [-0.2, -0.15) is 0 Å². The Morgan fingerprint density at radius 2 is 2.00 bits per heavy atom. The average molecular weight is 366 g/mol. The topological polar surface area (TPSA) is 175 Å². The van der Waals surface area contributed by atoms with Crippen molar-refractivity contribution in [3.8, 4) is 0 Å². The van der Waals surface area contributed by atoms with Gasteiger partial charge in [0.05, 0.1) is 6.04 Å². The van der Waals surface area contributed by atoms with Crippen LogP contribution < -0.4 is 22.2 Å². The van der Waals surface area contributed by atoms with Gasteiger partial charge in [-0.15, -0.1) is 0 Å². The number of aliphatic imine (C=N–C) groups is 1. The summed E-state index contributed by atoms with van der Waals surface area (Å²) in [6.45, 7) is 0.0171. The van der Waals surface area contributed by atoms with Crippen molar-refractivity contribution in [2.45, 2.75) is 25.5 Å². The van der Waals surface area contributed by atoms with Gasteiger partial charge in [-0.1, -0.05) is 35.8 Å². The largest absolute Gasteiger partial charge is 0.460 e. The first-order valence-electron chi connectivity index (χ1n) is 7.82. The van der Waals surface area contributed by atoms with Crippen LogP contribution in [-0.4, -0.2) is 42.0 Å². The zero-order valence-corrected chi connectivity index (χ0v) is 14.1. The minimum atomic E-state index is -0.836. The molecule has 1 aromatic rings. The molecule has 0 aromatic heterocycles. The fourth-order valence-corrected chi connectivity index (χ4v) is 1.85. The fourth-order valence-electron chi connectivity index (χ4n) is 1.85. The van der Waals surface area contributed by atoms with E-state index in [0.29, 0.717) is 6.42 Å². The molecular weight excluding hydrogens is 344 g/mol. The molecule has 1 atom stereocenters. The number of hydrazine groups is 1. The van der Waals surface area contributed by atoms with Crippen LogP contribution in [0.5, 0.6) is 0 Å². The van der Waals surface area contributed by atoms with Crippen LogP contribution in [0.2, 0.25) is 0 Å². The molecule has 0 saturated carbocycles. The molecule has 26 heavy (non-hydrogen) atoms. The van der Waals surface area contributed by atoms with Crippen LogP contribution in [0.4, 0.5) is 0 Å². The van der Waals surface area contributed by atoms with Gasteiger partial charge in [0, 0.05) is 6.54 Å². The van der Waals surface area contributed by atoms with Crippen LogP contribution in [0.1, 0.15) is 18.4 Å². The second-order valence-electron chi connectivity index (χ2n) is 5.25. The maximum absolute atomic E-state index is 11.8. The van der Waals surface area contributed by atoms with Crippen LogP contribution >= 0.6 is 0 Å². The first kappa shape index (κ1) is 20.8. The first-order chi connectivity index (χ1) is 12.4. The number of ether oxygens (including phenoxy) is 1. The van der Waals surface area contributed by atoms with E-state index < -0.39 is 23.0 Å². The smallest absolute Gasteiger partial charge is 0.325 e. The molecule has 0 aliphatic heterocycles. The van der Waals surface area contributed by atoms with E-state index >= 15 is 0 Å². The highest BCUT2D eigenvalue weighted by Gasteiger charge is 2.14. The van der Waals surface area contributed by atoms with E-state index in [1.54, 1.807) is 5.43 Å². The van der Waals surface area contributed by atoms with E-state index in [4.69, 9.17) is 16.2 Å². The number of hydrogen-bond donors (Lipinski definition) is 4. The SMILES string of the molecule is NC(=NCCC[C@H](N)C(=O)NCC(=O)OCc1ccccc1)N[N+](=O)[O-]. The van der Waals surface area contributed by atoms with Gasteiger partial charge in [-0.05, 0) is 18.4 Å². The number of rotatable bonds is 10. The van der Waals surface area contributed by atoms with Crippen molar-refractivity contribution < 1.29 is 19.4 Å². The number of carbonyl (C=O) groups is 2. The molecule has 1 aromatic carbocycles. The van der Waals surface area contributed by atoms with Crippen molar-refractivity contribution in [1.29, 1.82) is 0 Å². The molecule has 0 heterocycles. The third kappa shape index (κ3) is 9.17. The molecule has 0 unspecified atom stereocenters. The molecule has 0 bridgehead atoms. The summed E-state index contributed by atoms with van der Waals surface area (Å²) in [5, 5.41) is 11.7. The lowest BCUT2D eigenvalue weighted by Gasteiger charge is -2.11. The van der Waals surface area contributed by atoms with Crippen LogP contribution in [-0.2, 0) is 20.9 Å². The predicted molar refractivity (Wildman–Crippen MR) is 93.1 cm³/mol. The fraction of sp³-hybridized carbons (Fsp3) is 0.400. The molecule has 0 saturated heterocycles. The van der Waals surface area contributed by atoms with Crippen molar-refractivity contribution >= 4 is 17.8 Å². The Kier molecular flexibility index (Phi) is 9.10. The number of nitro groups is 1. The lowest BCUT2D eigenvalue weighted by Crippen LogP contribution is -2.43. The molecule has 0 fully saturated rings. The molecule has 1 amide bonds. The Balaban J connectivity index is 2.19. The third-order valence-corrected chi connectivity index (χ3v) is 3.15. The number of esters is 1. The summed E-state index contributed by atoms with van der Waals surface area (Å²) < 4.78 is 5.03. The van der Waals surface area contributed by atoms with E-state index in [-0.39, 0.29) is 32.1 Å². The van der Waals surface area contributed by atoms with Gasteiger partial charge >= 0.3 is 5.97 Å². The number of hydrogen-bond acceptors (Lipinski definition) is 7. The number of nitrogens with zero attached hydrogens (tertiary/aromatic N) is 2. The molecule has 0 spiro atoms. The standard InChI is InChI=1S/C15H22N6O5/c16-12(7-4-8-18-15(17)20-21(24)25)14(23)19-9-13(22)26-10-11-5-2-1-3-6-11/h1-3,5-6,12H,4,7-10,16H2,(H,19,23)(H3,17,18,20)/t12-/m0/s1. The Morgan fingerprint density at radius 3 is 2.65 bits per heavy atom. The van der Waals surface area contributed by atoms with Crippen molar-refractivity contribution in [1.82, 2.24) is 10.7 Å². The zero-order chi connectivity index (χ0) is 19.4. The molecule has 0 aliphatic carbocycles. The Hall–Kier alpha value is -3.21. The van der Waals surface area contributed by atoms with Crippen LogP contribution in [0, 0.1) is 10.1 Å². The summed E-state index contributed by atoms with van der Waals surface area (Å²) in [5.74, 6) is -1.39. The van der Waals surface area contributed by atoms with Crippen molar-refractivity contribution in [3.63, 3.8) is 0 Å². The summed E-state index contributed by atoms with van der Waals surface area (Å²) in [7, 11) is 0. The molecule has 1 rings (SSSR count). The van der Waals surface area contributed by atoms with Gasteiger partial charge in [0.15, 0.2) is 5.03 Å². The van der Waals surface area contributed by atoms with E-state index in [2.05, 4.69) is 10.3 Å². The number of benzene rings is 1. The second kappa shape index (κ2) is 11.4. The van der Waals surface area contributed by atoms with Crippen LogP contribution in [0.15, 0.2) is 35.3 Å². The number of carbonyl (C=O) groups excluding carboxylic acids is 2. The van der Waals surface area contributed by atoms with E-state index in [9.17, 15) is 19.7 Å². The number of nitrogens with one attached hydrogen (secondary N) is 2. The Morgan fingerprint density at radius 1 is 1.31 bits per heavy atom. The lowest BCUT2D eigenvalue weighted by atomic mass is 10.1. The minimum absolute atomic E-state index is 0.124. The van der Waals surface area contributed by atoms with Gasteiger partial charge in [0.1, 0.15) is 13.2 Å². The van der Waals surface area contributed by atoms with Gasteiger partial charge in [0.25, 0.3) is 5.96 Å². The van der Waals surface area contributed by atoms with Gasteiger partial charge < -0.3 is 21.5 Å². The summed E-state index contributed by atoms with van der Waals surface area (Å²) in [5.41, 5.74) is 13.5. The zero-order valence-electron chi connectivity index (χ0n) is 14.1. The highest BCUT2D eigenvalue weighted by atomic mass is 16.7. The molecular formula is C15H22N6O5. The van der Waals surface area contributed by atoms with Crippen LogP contribution in [0.25, 0.3) is 0 Å². The number of nitrogens with two attached hydrogens (primary N) is 2. The molecule has 11 nitrogen and oxygen atoms in total. The minimum Gasteiger partial charge on any atom is -0.460 e. The van der Waals surface area contributed by atoms with E-state index in [0.717, 1.165) is 5.56 Å². The lowest BCUT2D eigenvalue weighted by molar-refractivity contribution is -0.525. The highest BCUT2D eigenvalue weighted by molar-refractivity contribution is 5.85. The summed E-state index contributed by atoms with van der Waals surface area (Å²) >= 11 is 0. The van der Waals surface area contributed by atoms with E-state index in [1.165, 1.54) is 0 Å². The van der Waals surface area contributed by atoms with Crippen molar-refractivity contribution in [2.24, 2.45) is 16.5 Å². The summed E-state index contributed by atoms with van der Waals surface area (Å²) in [6.07, 6.45) is 0.674. The van der Waals surface area contributed by atoms with Gasteiger partial charge in [0.2, 0.25) is 5.91 Å². The number of amides is 1. The molecule has 11 heteroatoms. The van der Waals surface area contributed by atoms with Crippen molar-refractivity contribution in [3.05, 3.63) is 46.0 Å². The third-order valence-electron chi connectivity index (χ3n) is 3.15. The Labute approximate surface area is 149 Å². The van der Waals surface area contributed by atoms with Gasteiger partial charge in [-0.3, -0.25) is 9.59 Å². The Bertz CT molecular complexity index is 637. The average Bonchev–Trinajstić information content (AvgIpc) is 2.61. The quantitative estimate of drug-likeness (QED) is 0.102. The summed E-state index contributed by atoms with van der Waals surface area (Å²) in [6, 6.07) is 8.31. The first-order valence-corrected chi connectivity index (χ1v) is 7.82. The summed E-state index contributed by atoms with van der Waals surface area (Å²) in [4.78, 5) is 37.2. The maximum Gasteiger partial charge on any atom is 0.325 e.